The molecule has 2 N–H and O–H groups in total. The van der Waals surface area contributed by atoms with Crippen LogP contribution < -0.4 is 4.74 Å². The number of carbonyl (C=O) groups excluding carboxylic acids is 2. The molecule has 150 valence electrons. The van der Waals surface area contributed by atoms with E-state index in [0.29, 0.717) is 23.5 Å². The Bertz CT molecular complexity index is 967. The predicted octanol–water partition coefficient (Wildman–Crippen LogP) is 2.80. The molecule has 1 fully saturated rings. The Balaban J connectivity index is 2.08. The molecule has 0 radical (unpaired) electrons. The fraction of sp³-hybridized carbons (Fsp3) is 0.182. The zero-order valence-electron chi connectivity index (χ0n) is 15.5. The highest BCUT2D eigenvalue weighted by atomic mass is 19.1. The van der Waals surface area contributed by atoms with Gasteiger partial charge in [-0.3, -0.25) is 9.59 Å². The zero-order valence-corrected chi connectivity index (χ0v) is 15.5. The molecular weight excluding hydrogens is 377 g/mol. The van der Waals surface area contributed by atoms with E-state index in [0.717, 1.165) is 4.90 Å². The van der Waals surface area contributed by atoms with Crippen LogP contribution in [0.15, 0.2) is 66.8 Å². The molecule has 6 nitrogen and oxygen atoms in total. The molecular formula is C22H20FNO5. The molecule has 1 heterocycles. The molecule has 2 aromatic carbocycles. The monoisotopic (exact) mass is 397 g/mol. The molecule has 3 rings (SSSR count). The van der Waals surface area contributed by atoms with E-state index in [1.165, 1.54) is 18.2 Å². The molecule has 1 saturated heterocycles. The standard InChI is InChI=1S/C22H20FNO5/c1-2-12-29-17-8-6-14(7-9-17)20(26)18-19(15-4-3-5-16(23)13-15)24(10-11-25)22(28)21(18)27/h2-9,13,19,25-26H,1,10-12H2/b20-18+. The summed E-state index contributed by atoms with van der Waals surface area (Å²) in [6.45, 7) is 3.37. The average Bonchev–Trinajstić information content (AvgIpc) is 2.97. The number of Topliss-reactive ketones (excluding diaryl/α,β-unsaturated/α-hetero) is 1. The number of hydrogen-bond donors (Lipinski definition) is 2. The number of rotatable bonds is 7. The minimum Gasteiger partial charge on any atom is -0.507 e. The van der Waals surface area contributed by atoms with E-state index in [9.17, 15) is 24.2 Å². The highest BCUT2D eigenvalue weighted by Crippen LogP contribution is 2.39. The van der Waals surface area contributed by atoms with E-state index in [2.05, 4.69) is 6.58 Å². The molecule has 2 aromatic rings. The number of aliphatic hydroxyl groups is 2. The molecule has 0 aliphatic carbocycles. The number of β-amino-alcohol motifs (C(OH)–C–C–N with tert-alkyl or cyclic N) is 1. The van der Waals surface area contributed by atoms with Crippen LogP contribution in [0.5, 0.6) is 5.75 Å². The van der Waals surface area contributed by atoms with E-state index >= 15 is 0 Å². The Hall–Kier alpha value is -3.45. The fourth-order valence-electron chi connectivity index (χ4n) is 3.26. The quantitative estimate of drug-likeness (QED) is 0.325. The average molecular weight is 397 g/mol. The molecule has 1 unspecified atom stereocenters. The number of benzene rings is 2. The van der Waals surface area contributed by atoms with Crippen molar-refractivity contribution in [3.63, 3.8) is 0 Å². The summed E-state index contributed by atoms with van der Waals surface area (Å²) >= 11 is 0. The van der Waals surface area contributed by atoms with Gasteiger partial charge in [-0.15, -0.1) is 0 Å². The summed E-state index contributed by atoms with van der Waals surface area (Å²) in [6.07, 6.45) is 1.59. The van der Waals surface area contributed by atoms with Gasteiger partial charge in [0.25, 0.3) is 11.7 Å². The van der Waals surface area contributed by atoms with Gasteiger partial charge in [-0.05, 0) is 42.0 Å². The van der Waals surface area contributed by atoms with Crippen LogP contribution >= 0.6 is 0 Å². The van der Waals surface area contributed by atoms with Crippen LogP contribution in [0, 0.1) is 5.82 Å². The molecule has 0 spiro atoms. The van der Waals surface area contributed by atoms with Gasteiger partial charge < -0.3 is 19.8 Å². The van der Waals surface area contributed by atoms with Crippen molar-refractivity contribution in [3.05, 3.63) is 83.7 Å². The first-order valence-corrected chi connectivity index (χ1v) is 8.96. The van der Waals surface area contributed by atoms with Crippen LogP contribution in [0.2, 0.25) is 0 Å². The van der Waals surface area contributed by atoms with E-state index in [-0.39, 0.29) is 24.5 Å². The maximum atomic E-state index is 13.8. The molecule has 7 heteroatoms. The van der Waals surface area contributed by atoms with Gasteiger partial charge in [-0.1, -0.05) is 24.8 Å². The Morgan fingerprint density at radius 3 is 2.55 bits per heavy atom. The van der Waals surface area contributed by atoms with Crippen LogP contribution in [0.25, 0.3) is 5.76 Å². The van der Waals surface area contributed by atoms with Gasteiger partial charge in [-0.25, -0.2) is 4.39 Å². The lowest BCUT2D eigenvalue weighted by Crippen LogP contribution is -2.32. The number of amides is 1. The van der Waals surface area contributed by atoms with Crippen molar-refractivity contribution in [3.8, 4) is 5.75 Å². The lowest BCUT2D eigenvalue weighted by Gasteiger charge is -2.24. The smallest absolute Gasteiger partial charge is 0.295 e. The lowest BCUT2D eigenvalue weighted by molar-refractivity contribution is -0.140. The van der Waals surface area contributed by atoms with Gasteiger partial charge in [0.15, 0.2) is 0 Å². The first-order chi connectivity index (χ1) is 14.0. The van der Waals surface area contributed by atoms with E-state index in [1.807, 2.05) is 0 Å². The topological polar surface area (TPSA) is 87.1 Å². The number of halogens is 1. The number of ketones is 1. The molecule has 0 bridgehead atoms. The van der Waals surface area contributed by atoms with Gasteiger partial charge in [0, 0.05) is 12.1 Å². The lowest BCUT2D eigenvalue weighted by atomic mass is 9.95. The van der Waals surface area contributed by atoms with Crippen LogP contribution in [-0.2, 0) is 9.59 Å². The van der Waals surface area contributed by atoms with Crippen LogP contribution in [-0.4, -0.2) is 46.6 Å². The molecule has 1 aliphatic heterocycles. The first-order valence-electron chi connectivity index (χ1n) is 8.96. The second kappa shape index (κ2) is 8.70. The third-order valence-electron chi connectivity index (χ3n) is 4.54. The van der Waals surface area contributed by atoms with Gasteiger partial charge >= 0.3 is 0 Å². The van der Waals surface area contributed by atoms with Gasteiger partial charge in [-0.2, -0.15) is 0 Å². The molecule has 0 saturated carbocycles. The van der Waals surface area contributed by atoms with Crippen LogP contribution in [0.1, 0.15) is 17.2 Å². The van der Waals surface area contributed by atoms with Crippen molar-refractivity contribution < 1.29 is 28.9 Å². The van der Waals surface area contributed by atoms with Gasteiger partial charge in [0.05, 0.1) is 18.2 Å². The number of likely N-dealkylation sites (tertiary alicyclic amines) is 1. The number of aliphatic hydroxyl groups excluding tert-OH is 2. The number of carbonyl (C=O) groups is 2. The summed E-state index contributed by atoms with van der Waals surface area (Å²) in [6, 6.07) is 10.8. The van der Waals surface area contributed by atoms with E-state index in [1.54, 1.807) is 36.4 Å². The van der Waals surface area contributed by atoms with E-state index in [4.69, 9.17) is 4.74 Å². The molecule has 1 aliphatic rings. The predicted molar refractivity (Wildman–Crippen MR) is 105 cm³/mol. The van der Waals surface area contributed by atoms with Crippen LogP contribution in [0.4, 0.5) is 4.39 Å². The second-order valence-corrected chi connectivity index (χ2v) is 6.40. The summed E-state index contributed by atoms with van der Waals surface area (Å²) in [5.74, 6) is -2.13. The molecule has 0 aromatic heterocycles. The van der Waals surface area contributed by atoms with Crippen molar-refractivity contribution in [1.29, 1.82) is 0 Å². The third kappa shape index (κ3) is 4.05. The SMILES string of the molecule is C=CCOc1ccc(/C(O)=C2\C(=O)C(=O)N(CCO)C2c2cccc(F)c2)cc1. The maximum absolute atomic E-state index is 13.8. The van der Waals surface area contributed by atoms with Gasteiger partial charge in [0.1, 0.15) is 23.9 Å². The molecule has 29 heavy (non-hydrogen) atoms. The normalized spacial score (nSPS) is 18.1. The number of hydrogen-bond acceptors (Lipinski definition) is 5. The number of ether oxygens (including phenoxy) is 1. The summed E-state index contributed by atoms with van der Waals surface area (Å²) in [5, 5.41) is 20.1. The highest BCUT2D eigenvalue weighted by Gasteiger charge is 2.45. The second-order valence-electron chi connectivity index (χ2n) is 6.40. The minimum atomic E-state index is -1.01. The summed E-state index contributed by atoms with van der Waals surface area (Å²) in [4.78, 5) is 26.3. The van der Waals surface area contributed by atoms with E-state index < -0.39 is 23.5 Å². The fourth-order valence-corrected chi connectivity index (χ4v) is 3.26. The largest absolute Gasteiger partial charge is 0.507 e. The van der Waals surface area contributed by atoms with Gasteiger partial charge in [0.2, 0.25) is 0 Å². The Labute approximate surface area is 167 Å². The maximum Gasteiger partial charge on any atom is 0.295 e. The minimum absolute atomic E-state index is 0.128. The van der Waals surface area contributed by atoms with Crippen molar-refractivity contribution in [1.82, 2.24) is 4.90 Å². The Kier molecular flexibility index (Phi) is 6.09. The summed E-state index contributed by atoms with van der Waals surface area (Å²) in [5.41, 5.74) is 0.471. The first kappa shape index (κ1) is 20.3. The van der Waals surface area contributed by atoms with Crippen LogP contribution in [0.3, 0.4) is 0 Å². The zero-order chi connectivity index (χ0) is 21.0. The molecule has 1 amide bonds. The van der Waals surface area contributed by atoms with Crippen molar-refractivity contribution in [2.24, 2.45) is 0 Å². The Morgan fingerprint density at radius 2 is 1.93 bits per heavy atom. The van der Waals surface area contributed by atoms with Crippen molar-refractivity contribution in [2.45, 2.75) is 6.04 Å². The molecule has 1 atom stereocenters. The summed E-state index contributed by atoms with van der Waals surface area (Å²) in [7, 11) is 0. The van der Waals surface area contributed by atoms with Crippen molar-refractivity contribution in [2.75, 3.05) is 19.8 Å². The number of nitrogens with zero attached hydrogens (tertiary/aromatic N) is 1. The highest BCUT2D eigenvalue weighted by molar-refractivity contribution is 6.46. The summed E-state index contributed by atoms with van der Waals surface area (Å²) < 4.78 is 19.2. The third-order valence-corrected chi connectivity index (χ3v) is 4.54. The van der Waals surface area contributed by atoms with Crippen molar-refractivity contribution >= 4 is 17.4 Å². The Morgan fingerprint density at radius 1 is 1.21 bits per heavy atom.